The van der Waals surface area contributed by atoms with Crippen LogP contribution in [-0.4, -0.2) is 16.0 Å². The number of benzene rings is 1. The molecule has 1 heterocycles. The standard InChI is InChI=1S/C13H17N3/c1-10(2)14-9-13-15-8-12(16-13)11-6-4-3-5-7-11/h3-8,10,14H,9H2,1-2H3,(H,15,16). The fourth-order valence-corrected chi connectivity index (χ4v) is 1.52. The van der Waals surface area contributed by atoms with E-state index in [2.05, 4.69) is 41.3 Å². The predicted octanol–water partition coefficient (Wildman–Crippen LogP) is 2.57. The van der Waals surface area contributed by atoms with E-state index >= 15 is 0 Å². The van der Waals surface area contributed by atoms with Gasteiger partial charge in [0.25, 0.3) is 0 Å². The lowest BCUT2D eigenvalue weighted by Gasteiger charge is -2.04. The Morgan fingerprint density at radius 1 is 1.25 bits per heavy atom. The first-order valence-electron chi connectivity index (χ1n) is 5.58. The molecule has 0 aliphatic carbocycles. The Morgan fingerprint density at radius 3 is 2.69 bits per heavy atom. The van der Waals surface area contributed by atoms with Crippen molar-refractivity contribution in [2.75, 3.05) is 0 Å². The van der Waals surface area contributed by atoms with Gasteiger partial charge < -0.3 is 10.3 Å². The minimum atomic E-state index is 0.477. The van der Waals surface area contributed by atoms with Crippen molar-refractivity contribution in [3.8, 4) is 11.3 Å². The van der Waals surface area contributed by atoms with Gasteiger partial charge in [0.15, 0.2) is 0 Å². The highest BCUT2D eigenvalue weighted by Gasteiger charge is 2.02. The molecule has 0 aliphatic heterocycles. The van der Waals surface area contributed by atoms with Crippen LogP contribution in [0.15, 0.2) is 36.5 Å². The van der Waals surface area contributed by atoms with E-state index in [4.69, 9.17) is 0 Å². The van der Waals surface area contributed by atoms with Crippen molar-refractivity contribution in [3.63, 3.8) is 0 Å². The van der Waals surface area contributed by atoms with E-state index in [0.29, 0.717) is 6.04 Å². The van der Waals surface area contributed by atoms with Gasteiger partial charge in [0, 0.05) is 6.04 Å². The number of aromatic amines is 1. The molecule has 0 spiro atoms. The van der Waals surface area contributed by atoms with Gasteiger partial charge in [0.1, 0.15) is 5.82 Å². The van der Waals surface area contributed by atoms with Gasteiger partial charge in [-0.25, -0.2) is 4.98 Å². The number of imidazole rings is 1. The first-order chi connectivity index (χ1) is 7.75. The van der Waals surface area contributed by atoms with E-state index in [9.17, 15) is 0 Å². The van der Waals surface area contributed by atoms with E-state index in [-0.39, 0.29) is 0 Å². The van der Waals surface area contributed by atoms with Crippen LogP contribution in [0.2, 0.25) is 0 Å². The van der Waals surface area contributed by atoms with Gasteiger partial charge in [0.2, 0.25) is 0 Å². The highest BCUT2D eigenvalue weighted by molar-refractivity contribution is 5.57. The number of aromatic nitrogens is 2. The van der Waals surface area contributed by atoms with Crippen molar-refractivity contribution in [1.82, 2.24) is 15.3 Å². The summed E-state index contributed by atoms with van der Waals surface area (Å²) < 4.78 is 0. The largest absolute Gasteiger partial charge is 0.341 e. The number of rotatable bonds is 4. The van der Waals surface area contributed by atoms with Crippen LogP contribution in [0.4, 0.5) is 0 Å². The zero-order valence-corrected chi connectivity index (χ0v) is 9.70. The van der Waals surface area contributed by atoms with Gasteiger partial charge in [-0.15, -0.1) is 0 Å². The molecule has 0 amide bonds. The van der Waals surface area contributed by atoms with Crippen molar-refractivity contribution in [1.29, 1.82) is 0 Å². The summed E-state index contributed by atoms with van der Waals surface area (Å²) >= 11 is 0. The minimum absolute atomic E-state index is 0.477. The highest BCUT2D eigenvalue weighted by atomic mass is 15.0. The summed E-state index contributed by atoms with van der Waals surface area (Å²) in [7, 11) is 0. The normalized spacial score (nSPS) is 10.9. The molecule has 0 fully saturated rings. The van der Waals surface area contributed by atoms with Crippen molar-refractivity contribution >= 4 is 0 Å². The zero-order chi connectivity index (χ0) is 11.4. The van der Waals surface area contributed by atoms with Crippen molar-refractivity contribution in [3.05, 3.63) is 42.4 Å². The van der Waals surface area contributed by atoms with E-state index in [1.807, 2.05) is 24.4 Å². The maximum Gasteiger partial charge on any atom is 0.120 e. The van der Waals surface area contributed by atoms with Gasteiger partial charge in [-0.2, -0.15) is 0 Å². The summed E-state index contributed by atoms with van der Waals surface area (Å²) in [6, 6.07) is 10.7. The van der Waals surface area contributed by atoms with Crippen LogP contribution in [0.25, 0.3) is 11.3 Å². The van der Waals surface area contributed by atoms with Gasteiger partial charge in [-0.1, -0.05) is 44.2 Å². The average Bonchev–Trinajstić information content (AvgIpc) is 2.76. The van der Waals surface area contributed by atoms with Gasteiger partial charge >= 0.3 is 0 Å². The molecular formula is C13H17N3. The van der Waals surface area contributed by atoms with Crippen LogP contribution in [0, 0.1) is 0 Å². The van der Waals surface area contributed by atoms with E-state index in [1.165, 1.54) is 5.56 Å². The first-order valence-corrected chi connectivity index (χ1v) is 5.58. The maximum atomic E-state index is 4.35. The number of H-pyrrole nitrogens is 1. The number of nitrogens with one attached hydrogen (secondary N) is 2. The molecule has 1 aromatic carbocycles. The molecule has 0 aliphatic rings. The van der Waals surface area contributed by atoms with Gasteiger partial charge in [-0.05, 0) is 5.56 Å². The summed E-state index contributed by atoms with van der Waals surface area (Å²) in [6.45, 7) is 5.03. The van der Waals surface area contributed by atoms with Crippen LogP contribution in [0.5, 0.6) is 0 Å². The first kappa shape index (κ1) is 10.9. The molecule has 0 atom stereocenters. The quantitative estimate of drug-likeness (QED) is 0.823. The fourth-order valence-electron chi connectivity index (χ4n) is 1.52. The lowest BCUT2D eigenvalue weighted by Crippen LogP contribution is -2.22. The summed E-state index contributed by atoms with van der Waals surface area (Å²) in [5, 5.41) is 3.33. The van der Waals surface area contributed by atoms with Crippen LogP contribution < -0.4 is 5.32 Å². The monoisotopic (exact) mass is 215 g/mol. The minimum Gasteiger partial charge on any atom is -0.341 e. The SMILES string of the molecule is CC(C)NCc1ncc(-c2ccccc2)[nH]1. The molecular weight excluding hydrogens is 198 g/mol. The molecule has 0 saturated carbocycles. The van der Waals surface area contributed by atoms with E-state index in [1.54, 1.807) is 0 Å². The van der Waals surface area contributed by atoms with E-state index < -0.39 is 0 Å². The molecule has 2 rings (SSSR count). The number of hydrogen-bond donors (Lipinski definition) is 2. The van der Waals surface area contributed by atoms with Gasteiger partial charge in [0.05, 0.1) is 18.4 Å². The van der Waals surface area contributed by atoms with Crippen LogP contribution in [0.1, 0.15) is 19.7 Å². The Hall–Kier alpha value is -1.61. The molecule has 0 unspecified atom stereocenters. The van der Waals surface area contributed by atoms with Crippen molar-refractivity contribution < 1.29 is 0 Å². The van der Waals surface area contributed by atoms with Crippen LogP contribution in [-0.2, 0) is 6.54 Å². The lowest BCUT2D eigenvalue weighted by molar-refractivity contribution is 0.575. The smallest absolute Gasteiger partial charge is 0.120 e. The van der Waals surface area contributed by atoms with E-state index in [0.717, 1.165) is 18.1 Å². The predicted molar refractivity (Wildman–Crippen MR) is 66.0 cm³/mol. The molecule has 1 aromatic heterocycles. The van der Waals surface area contributed by atoms with Crippen molar-refractivity contribution in [2.24, 2.45) is 0 Å². The third-order valence-corrected chi connectivity index (χ3v) is 2.39. The van der Waals surface area contributed by atoms with Gasteiger partial charge in [-0.3, -0.25) is 0 Å². The van der Waals surface area contributed by atoms with Crippen LogP contribution in [0.3, 0.4) is 0 Å². The Balaban J connectivity index is 2.08. The Morgan fingerprint density at radius 2 is 2.00 bits per heavy atom. The fraction of sp³-hybridized carbons (Fsp3) is 0.308. The second kappa shape index (κ2) is 4.94. The number of hydrogen-bond acceptors (Lipinski definition) is 2. The topological polar surface area (TPSA) is 40.7 Å². The second-order valence-electron chi connectivity index (χ2n) is 4.15. The second-order valence-corrected chi connectivity index (χ2v) is 4.15. The van der Waals surface area contributed by atoms with Crippen LogP contribution >= 0.6 is 0 Å². The molecule has 0 radical (unpaired) electrons. The Labute approximate surface area is 95.9 Å². The number of nitrogens with zero attached hydrogens (tertiary/aromatic N) is 1. The summed E-state index contributed by atoms with van der Waals surface area (Å²) in [4.78, 5) is 7.66. The summed E-state index contributed by atoms with van der Waals surface area (Å²) in [5.41, 5.74) is 2.24. The molecule has 0 bridgehead atoms. The molecule has 2 aromatic rings. The average molecular weight is 215 g/mol. The third-order valence-electron chi connectivity index (χ3n) is 2.39. The van der Waals surface area contributed by atoms with Crippen molar-refractivity contribution in [2.45, 2.75) is 26.4 Å². The Kier molecular flexibility index (Phi) is 3.37. The third kappa shape index (κ3) is 2.70. The Bertz CT molecular complexity index is 431. The molecule has 2 N–H and O–H groups in total. The molecule has 16 heavy (non-hydrogen) atoms. The summed E-state index contributed by atoms with van der Waals surface area (Å²) in [5.74, 6) is 0.979. The molecule has 0 saturated heterocycles. The molecule has 3 nitrogen and oxygen atoms in total. The molecule has 84 valence electrons. The molecule has 3 heteroatoms. The highest BCUT2D eigenvalue weighted by Crippen LogP contribution is 2.15. The lowest BCUT2D eigenvalue weighted by atomic mass is 10.2. The summed E-state index contributed by atoms with van der Waals surface area (Å²) in [6.07, 6.45) is 1.88. The zero-order valence-electron chi connectivity index (χ0n) is 9.70. The maximum absolute atomic E-state index is 4.35.